The number of hydrogen-bond donors (Lipinski definition) is 0. The molecule has 17 heavy (non-hydrogen) atoms. The van der Waals surface area contributed by atoms with Crippen LogP contribution in [0.2, 0.25) is 0 Å². The summed E-state index contributed by atoms with van der Waals surface area (Å²) >= 11 is 7.47. The summed E-state index contributed by atoms with van der Waals surface area (Å²) in [5.41, 5.74) is 1.01. The maximum Gasteiger partial charge on any atom is 0.0929 e. The lowest BCUT2D eigenvalue weighted by Gasteiger charge is -2.22. The van der Waals surface area contributed by atoms with Crippen LogP contribution in [0.25, 0.3) is 0 Å². The van der Waals surface area contributed by atoms with Crippen LogP contribution in [0.4, 0.5) is 0 Å². The van der Waals surface area contributed by atoms with Crippen molar-refractivity contribution < 1.29 is 0 Å². The first-order chi connectivity index (χ1) is 8.15. The monoisotopic (exact) mass is 274 g/mol. The van der Waals surface area contributed by atoms with Gasteiger partial charge < -0.3 is 4.90 Å². The van der Waals surface area contributed by atoms with Crippen molar-refractivity contribution in [1.82, 2.24) is 9.88 Å². The number of hydrogen-bond acceptors (Lipinski definition) is 3. The summed E-state index contributed by atoms with van der Waals surface area (Å²) in [4.78, 5) is 7.00. The molecule has 0 aliphatic heterocycles. The molecular weight excluding hydrogens is 252 g/mol. The average Bonchev–Trinajstić information content (AvgIpc) is 2.75. The van der Waals surface area contributed by atoms with E-state index in [0.717, 1.165) is 24.6 Å². The van der Waals surface area contributed by atoms with Crippen molar-refractivity contribution in [3.63, 3.8) is 0 Å². The maximum absolute atomic E-state index is 5.74. The van der Waals surface area contributed by atoms with Gasteiger partial charge in [-0.2, -0.15) is 0 Å². The smallest absolute Gasteiger partial charge is 0.0929 e. The molecule has 0 aromatic carbocycles. The minimum Gasteiger partial charge on any atom is -0.303 e. The lowest BCUT2D eigenvalue weighted by Crippen LogP contribution is -2.28. The summed E-state index contributed by atoms with van der Waals surface area (Å²) in [7, 11) is 0. The number of nitrogens with zero attached hydrogens (tertiary/aromatic N) is 2. The molecule has 0 fully saturated rings. The Morgan fingerprint density at radius 2 is 2.24 bits per heavy atom. The van der Waals surface area contributed by atoms with Crippen molar-refractivity contribution in [2.45, 2.75) is 39.5 Å². The summed E-state index contributed by atoms with van der Waals surface area (Å²) in [6.07, 6.45) is 2.27. The molecule has 0 unspecified atom stereocenters. The van der Waals surface area contributed by atoms with Gasteiger partial charge in [-0.05, 0) is 25.4 Å². The summed E-state index contributed by atoms with van der Waals surface area (Å²) < 4.78 is 0. The van der Waals surface area contributed by atoms with Gasteiger partial charge in [-0.1, -0.05) is 20.8 Å². The quantitative estimate of drug-likeness (QED) is 0.671. The minimum absolute atomic E-state index is 0.533. The lowest BCUT2D eigenvalue weighted by atomic mass is 10.2. The zero-order valence-corrected chi connectivity index (χ0v) is 12.7. The summed E-state index contributed by atoms with van der Waals surface area (Å²) in [5, 5.41) is 3.29. The Labute approximate surface area is 114 Å². The van der Waals surface area contributed by atoms with Gasteiger partial charge in [-0.25, -0.2) is 4.98 Å². The van der Waals surface area contributed by atoms with Crippen LogP contribution in [0.1, 0.15) is 37.9 Å². The van der Waals surface area contributed by atoms with Gasteiger partial charge in [-0.15, -0.1) is 22.9 Å². The van der Waals surface area contributed by atoms with Gasteiger partial charge >= 0.3 is 0 Å². The fraction of sp³-hybridized carbons (Fsp3) is 0.769. The molecule has 1 aromatic heterocycles. The van der Waals surface area contributed by atoms with E-state index in [1.165, 1.54) is 24.5 Å². The van der Waals surface area contributed by atoms with E-state index in [-0.39, 0.29) is 0 Å². The lowest BCUT2D eigenvalue weighted by molar-refractivity contribution is 0.253. The third-order valence-electron chi connectivity index (χ3n) is 2.67. The average molecular weight is 275 g/mol. The van der Waals surface area contributed by atoms with Crippen LogP contribution < -0.4 is 0 Å². The standard InChI is InChI=1S/C13H23ClN2S/c1-4-16(9-11(2)3)7-5-6-13-15-12(8-14)10-17-13/h10-11H,4-9H2,1-3H3. The molecular formula is C13H23ClN2S. The highest BCUT2D eigenvalue weighted by Gasteiger charge is 2.06. The Balaban J connectivity index is 2.25. The van der Waals surface area contributed by atoms with Gasteiger partial charge in [0.15, 0.2) is 0 Å². The van der Waals surface area contributed by atoms with Crippen LogP contribution in [0.3, 0.4) is 0 Å². The van der Waals surface area contributed by atoms with Gasteiger partial charge in [0.05, 0.1) is 16.6 Å². The molecule has 1 rings (SSSR count). The Bertz CT molecular complexity index is 312. The van der Waals surface area contributed by atoms with Gasteiger partial charge in [0.2, 0.25) is 0 Å². The Kier molecular flexibility index (Phi) is 7.09. The predicted molar refractivity (Wildman–Crippen MR) is 76.9 cm³/mol. The van der Waals surface area contributed by atoms with Crippen molar-refractivity contribution in [3.8, 4) is 0 Å². The molecule has 0 amide bonds. The Morgan fingerprint density at radius 1 is 1.47 bits per heavy atom. The van der Waals surface area contributed by atoms with Gasteiger partial charge in [0.1, 0.15) is 0 Å². The SMILES string of the molecule is CCN(CCCc1nc(CCl)cs1)CC(C)C. The van der Waals surface area contributed by atoms with E-state index < -0.39 is 0 Å². The van der Waals surface area contributed by atoms with Gasteiger partial charge in [-0.3, -0.25) is 0 Å². The van der Waals surface area contributed by atoms with E-state index >= 15 is 0 Å². The summed E-state index contributed by atoms with van der Waals surface area (Å²) in [6.45, 7) is 10.3. The highest BCUT2D eigenvalue weighted by Crippen LogP contribution is 2.13. The van der Waals surface area contributed by atoms with Crippen molar-refractivity contribution in [2.24, 2.45) is 5.92 Å². The normalized spacial score (nSPS) is 11.6. The molecule has 0 spiro atoms. The molecule has 0 saturated heterocycles. The molecule has 0 atom stereocenters. The highest BCUT2D eigenvalue weighted by molar-refractivity contribution is 7.09. The van der Waals surface area contributed by atoms with Crippen molar-refractivity contribution in [1.29, 1.82) is 0 Å². The van der Waals surface area contributed by atoms with Gasteiger partial charge in [0, 0.05) is 18.3 Å². The molecule has 0 N–H and O–H groups in total. The maximum atomic E-state index is 5.74. The third-order valence-corrected chi connectivity index (χ3v) is 3.90. The fourth-order valence-corrected chi connectivity index (χ4v) is 2.94. The van der Waals surface area contributed by atoms with Crippen LogP contribution >= 0.6 is 22.9 Å². The van der Waals surface area contributed by atoms with Crippen LogP contribution in [-0.2, 0) is 12.3 Å². The molecule has 0 aliphatic rings. The number of aromatic nitrogens is 1. The molecule has 0 bridgehead atoms. The molecule has 0 aliphatic carbocycles. The van der Waals surface area contributed by atoms with Crippen LogP contribution in [-0.4, -0.2) is 29.5 Å². The summed E-state index contributed by atoms with van der Waals surface area (Å²) in [5.74, 6) is 1.28. The highest BCUT2D eigenvalue weighted by atomic mass is 35.5. The van der Waals surface area contributed by atoms with E-state index in [2.05, 4.69) is 36.0 Å². The van der Waals surface area contributed by atoms with Crippen molar-refractivity contribution >= 4 is 22.9 Å². The van der Waals surface area contributed by atoms with Crippen LogP contribution in [0.15, 0.2) is 5.38 Å². The predicted octanol–water partition coefficient (Wildman–Crippen LogP) is 3.79. The molecule has 0 saturated carbocycles. The zero-order chi connectivity index (χ0) is 12.7. The first-order valence-corrected chi connectivity index (χ1v) is 7.78. The minimum atomic E-state index is 0.533. The topological polar surface area (TPSA) is 16.1 Å². The van der Waals surface area contributed by atoms with Crippen molar-refractivity contribution in [3.05, 3.63) is 16.1 Å². The second-order valence-electron chi connectivity index (χ2n) is 4.76. The second kappa shape index (κ2) is 8.06. The molecule has 4 heteroatoms. The number of rotatable bonds is 8. The van der Waals surface area contributed by atoms with E-state index in [9.17, 15) is 0 Å². The van der Waals surface area contributed by atoms with E-state index in [1.54, 1.807) is 11.3 Å². The van der Waals surface area contributed by atoms with Crippen LogP contribution in [0, 0.1) is 5.92 Å². The summed E-state index contributed by atoms with van der Waals surface area (Å²) in [6, 6.07) is 0. The van der Waals surface area contributed by atoms with Crippen LogP contribution in [0.5, 0.6) is 0 Å². The van der Waals surface area contributed by atoms with Gasteiger partial charge in [0.25, 0.3) is 0 Å². The van der Waals surface area contributed by atoms with Crippen molar-refractivity contribution in [2.75, 3.05) is 19.6 Å². The molecule has 2 nitrogen and oxygen atoms in total. The fourth-order valence-electron chi connectivity index (χ4n) is 1.87. The number of alkyl halides is 1. The van der Waals surface area contributed by atoms with E-state index in [0.29, 0.717) is 5.88 Å². The largest absolute Gasteiger partial charge is 0.303 e. The van der Waals surface area contributed by atoms with E-state index in [1.807, 2.05) is 0 Å². The number of halogens is 1. The second-order valence-corrected chi connectivity index (χ2v) is 5.97. The Morgan fingerprint density at radius 3 is 2.76 bits per heavy atom. The zero-order valence-electron chi connectivity index (χ0n) is 11.1. The first-order valence-electron chi connectivity index (χ1n) is 6.37. The number of aryl methyl sites for hydroxylation is 1. The Hall–Kier alpha value is -0.120. The molecule has 0 radical (unpaired) electrons. The molecule has 98 valence electrons. The van der Waals surface area contributed by atoms with E-state index in [4.69, 9.17) is 11.6 Å². The number of thiazole rings is 1. The first kappa shape index (κ1) is 14.9. The molecule has 1 aromatic rings. The third kappa shape index (κ3) is 5.84. The molecule has 1 heterocycles.